The van der Waals surface area contributed by atoms with Gasteiger partial charge in [0.1, 0.15) is 11.2 Å². The van der Waals surface area contributed by atoms with E-state index in [0.717, 1.165) is 10.2 Å². The smallest absolute Gasteiger partial charge is 0.127 e. The summed E-state index contributed by atoms with van der Waals surface area (Å²) in [6, 6.07) is 33.4. The average Bonchev–Trinajstić information content (AvgIpc) is 3.75. The van der Waals surface area contributed by atoms with Crippen molar-refractivity contribution in [1.82, 2.24) is 14.5 Å². The van der Waals surface area contributed by atoms with Gasteiger partial charge >= 0.3 is 0 Å². The van der Waals surface area contributed by atoms with Crippen molar-refractivity contribution in [2.24, 2.45) is 0 Å². The monoisotopic (exact) mass is 563 g/mol. The Hall–Kier alpha value is -4.36. The summed E-state index contributed by atoms with van der Waals surface area (Å²) in [4.78, 5) is 10.2. The van der Waals surface area contributed by atoms with E-state index in [4.69, 9.17) is 4.98 Å². The molecule has 0 saturated heterocycles. The van der Waals surface area contributed by atoms with Gasteiger partial charge in [0.2, 0.25) is 0 Å². The van der Waals surface area contributed by atoms with E-state index in [1.165, 1.54) is 77.9 Å². The average molecular weight is 564 g/mol. The molecule has 0 saturated carbocycles. The maximum Gasteiger partial charge on any atom is 0.127 e. The molecule has 0 radical (unpaired) electrons. The van der Waals surface area contributed by atoms with Crippen molar-refractivity contribution in [3.63, 3.8) is 0 Å². The number of nitrogens with zero attached hydrogens (tertiary/aromatic N) is 3. The van der Waals surface area contributed by atoms with Gasteiger partial charge in [-0.3, -0.25) is 0 Å². The lowest BCUT2D eigenvalue weighted by Gasteiger charge is -2.10. The quantitative estimate of drug-likeness (QED) is 0.199. The zero-order chi connectivity index (χ0) is 25.9. The van der Waals surface area contributed by atoms with E-state index in [0.29, 0.717) is 0 Å². The summed E-state index contributed by atoms with van der Waals surface area (Å²) in [7, 11) is 0. The maximum atomic E-state index is 4.72. The molecule has 0 aliphatic heterocycles. The van der Waals surface area contributed by atoms with E-state index < -0.39 is 0 Å². The topological polar surface area (TPSA) is 30.7 Å². The number of hydrogen-bond donors (Lipinski definition) is 0. The highest BCUT2D eigenvalue weighted by Gasteiger charge is 2.24. The van der Waals surface area contributed by atoms with Crippen LogP contribution in [0.15, 0.2) is 104 Å². The Kier molecular flexibility index (Phi) is 4.10. The van der Waals surface area contributed by atoms with E-state index in [1.807, 2.05) is 28.9 Å². The number of benzene rings is 5. The Morgan fingerprint density at radius 1 is 0.550 bits per heavy atom. The van der Waals surface area contributed by atoms with Crippen LogP contribution in [0.4, 0.5) is 0 Å². The predicted octanol–water partition coefficient (Wildman–Crippen LogP) is 10.7. The third-order valence-electron chi connectivity index (χ3n) is 8.15. The fourth-order valence-electron chi connectivity index (χ4n) is 6.53. The Morgan fingerprint density at radius 3 is 2.15 bits per heavy atom. The van der Waals surface area contributed by atoms with Crippen LogP contribution < -0.4 is 0 Å². The minimum Gasteiger partial charge on any atom is -0.308 e. The van der Waals surface area contributed by atoms with Gasteiger partial charge in [-0.1, -0.05) is 54.6 Å². The van der Waals surface area contributed by atoms with Crippen LogP contribution in [0.2, 0.25) is 0 Å². The van der Waals surface area contributed by atoms with Crippen molar-refractivity contribution in [2.45, 2.75) is 0 Å². The molecule has 186 valence electrons. The third kappa shape index (κ3) is 2.63. The van der Waals surface area contributed by atoms with Crippen LogP contribution in [0.3, 0.4) is 0 Å². The van der Waals surface area contributed by atoms with Crippen LogP contribution in [0.25, 0.3) is 88.1 Å². The molecule has 0 unspecified atom stereocenters. The normalized spacial score (nSPS) is 12.5. The van der Waals surface area contributed by atoms with Crippen LogP contribution in [0, 0.1) is 0 Å². The van der Waals surface area contributed by atoms with E-state index >= 15 is 0 Å². The first-order chi connectivity index (χ1) is 19.8. The van der Waals surface area contributed by atoms with E-state index in [9.17, 15) is 0 Å². The first-order valence-corrected chi connectivity index (χ1v) is 15.6. The molecule has 0 amide bonds. The lowest BCUT2D eigenvalue weighted by Crippen LogP contribution is -1.94. The molecular weight excluding hydrogens is 547 g/mol. The lowest BCUT2D eigenvalue weighted by molar-refractivity contribution is 1.19. The molecule has 40 heavy (non-hydrogen) atoms. The summed E-state index contributed by atoms with van der Waals surface area (Å²) in [5.74, 6) is 0. The van der Waals surface area contributed by atoms with Crippen LogP contribution in [-0.4, -0.2) is 14.5 Å². The van der Waals surface area contributed by atoms with Gasteiger partial charge in [-0.15, -0.1) is 34.0 Å². The molecule has 6 heteroatoms. The molecule has 0 spiro atoms. The zero-order valence-electron chi connectivity index (χ0n) is 20.9. The van der Waals surface area contributed by atoms with Crippen molar-refractivity contribution in [1.29, 1.82) is 0 Å². The van der Waals surface area contributed by atoms with Crippen LogP contribution in [-0.2, 0) is 0 Å². The molecule has 0 aliphatic rings. The molecule has 0 bridgehead atoms. The zero-order valence-corrected chi connectivity index (χ0v) is 23.3. The molecule has 5 aromatic heterocycles. The number of thiophene rings is 3. The molecule has 5 heterocycles. The number of para-hydroxylation sites is 1. The first-order valence-electron chi connectivity index (χ1n) is 13.2. The van der Waals surface area contributed by atoms with Crippen molar-refractivity contribution in [3.05, 3.63) is 104 Å². The summed E-state index contributed by atoms with van der Waals surface area (Å²) in [6.45, 7) is 0. The number of rotatable bonds is 1. The van der Waals surface area contributed by atoms with Gasteiger partial charge in [-0.2, -0.15) is 0 Å². The Balaban J connectivity index is 1.50. The van der Waals surface area contributed by atoms with Gasteiger partial charge in [0, 0.05) is 78.5 Å². The summed E-state index contributed by atoms with van der Waals surface area (Å²) in [5.41, 5.74) is 3.65. The van der Waals surface area contributed by atoms with Gasteiger partial charge in [0.15, 0.2) is 0 Å². The van der Waals surface area contributed by atoms with Gasteiger partial charge < -0.3 is 4.57 Å². The van der Waals surface area contributed by atoms with Crippen molar-refractivity contribution >= 4 is 116 Å². The standard InChI is InChI=1S/C34H17N3S3/c1-4-10-24-20(8-1)28-31(37(24)18-13-14-27-22(15-18)19-7-2-5-11-25(19)38-27)29-23-16-35-17-36-34(23)40-33(29)30-21-9-3-6-12-26(21)39-32(28)30/h1-17H. The number of aromatic nitrogens is 3. The van der Waals surface area contributed by atoms with Crippen LogP contribution in [0.1, 0.15) is 0 Å². The minimum absolute atomic E-state index is 1.03. The molecule has 3 nitrogen and oxygen atoms in total. The molecular formula is C34H17N3S3. The van der Waals surface area contributed by atoms with Crippen molar-refractivity contribution < 1.29 is 0 Å². The van der Waals surface area contributed by atoms with Gasteiger partial charge in [-0.25, -0.2) is 9.97 Å². The van der Waals surface area contributed by atoms with Crippen molar-refractivity contribution in [2.75, 3.05) is 0 Å². The lowest BCUT2D eigenvalue weighted by atomic mass is 10.0. The highest BCUT2D eigenvalue weighted by Crippen LogP contribution is 2.51. The molecule has 5 aromatic carbocycles. The van der Waals surface area contributed by atoms with Gasteiger partial charge in [-0.05, 0) is 36.4 Å². The molecule has 0 N–H and O–H groups in total. The van der Waals surface area contributed by atoms with Crippen molar-refractivity contribution in [3.8, 4) is 5.69 Å². The second kappa shape index (κ2) is 7.64. The summed E-state index contributed by atoms with van der Waals surface area (Å²) in [6.07, 6.45) is 3.67. The summed E-state index contributed by atoms with van der Waals surface area (Å²) >= 11 is 5.56. The molecule has 0 atom stereocenters. The molecule has 0 fully saturated rings. The van der Waals surface area contributed by atoms with E-state index in [-0.39, 0.29) is 0 Å². The first kappa shape index (κ1) is 21.5. The Morgan fingerprint density at radius 2 is 1.25 bits per heavy atom. The fraction of sp³-hybridized carbons (Fsp3) is 0. The van der Waals surface area contributed by atoms with E-state index in [1.54, 1.807) is 17.7 Å². The SMILES string of the molecule is c1ccc2c(c1)sc1ccc(-n3c4ccccc4c4c5sc6ccccc6c5c5sc6ncncc6c5c43)cc12. The van der Waals surface area contributed by atoms with Gasteiger partial charge in [0.25, 0.3) is 0 Å². The molecule has 0 aliphatic carbocycles. The Labute approximate surface area is 239 Å². The molecule has 10 rings (SSSR count). The molecule has 10 aromatic rings. The maximum absolute atomic E-state index is 4.72. The third-order valence-corrected chi connectivity index (χ3v) is 11.6. The fourth-order valence-corrected chi connectivity index (χ4v) is 10.1. The second-order valence-electron chi connectivity index (χ2n) is 10.2. The van der Waals surface area contributed by atoms with Crippen LogP contribution in [0.5, 0.6) is 0 Å². The Bertz CT molecular complexity index is 2640. The minimum atomic E-state index is 1.03. The number of fused-ring (bicyclic) bond motifs is 15. The summed E-state index contributed by atoms with van der Waals surface area (Å²) in [5, 5.41) is 10.2. The second-order valence-corrected chi connectivity index (χ2v) is 13.3. The van der Waals surface area contributed by atoms with E-state index in [2.05, 4.69) is 101 Å². The highest BCUT2D eigenvalue weighted by molar-refractivity contribution is 7.30. The predicted molar refractivity (Wildman–Crippen MR) is 175 cm³/mol. The largest absolute Gasteiger partial charge is 0.308 e. The van der Waals surface area contributed by atoms with Crippen LogP contribution >= 0.6 is 34.0 Å². The highest BCUT2D eigenvalue weighted by atomic mass is 32.1. The number of hydrogen-bond acceptors (Lipinski definition) is 5. The van der Waals surface area contributed by atoms with Gasteiger partial charge in [0.05, 0.1) is 11.0 Å². The summed E-state index contributed by atoms with van der Waals surface area (Å²) < 4.78 is 9.09.